The number of benzene rings is 4. The van der Waals surface area contributed by atoms with Crippen molar-refractivity contribution in [3.8, 4) is 11.5 Å². The van der Waals surface area contributed by atoms with Gasteiger partial charge in [-0.15, -0.1) is 0 Å². The molecule has 1 aliphatic carbocycles. The Hall–Kier alpha value is -3.95. The third-order valence-electron chi connectivity index (χ3n) is 7.77. The Labute approximate surface area is 358 Å². The van der Waals surface area contributed by atoms with E-state index >= 15 is 0 Å². The molecule has 0 amide bonds. The topological polar surface area (TPSA) is 342 Å². The fraction of sp³-hybridized carbons (Fsp3) is 0.235. The number of hydrogen-bond donors (Lipinski definition) is 2. The zero-order chi connectivity index (χ0) is 40.4. The molecule has 4 aromatic rings. The molecule has 56 heavy (non-hydrogen) atoms. The molecule has 0 aromatic heterocycles. The van der Waals surface area contributed by atoms with E-state index in [9.17, 15) is 45.7 Å². The van der Waals surface area contributed by atoms with E-state index in [2.05, 4.69) is 20.5 Å². The van der Waals surface area contributed by atoms with Crippen LogP contribution in [0.1, 0.15) is 57.5 Å². The zero-order valence-corrected chi connectivity index (χ0v) is 36.0. The molecule has 1 saturated carbocycles. The van der Waals surface area contributed by atoms with Crippen molar-refractivity contribution in [2.45, 2.75) is 61.4 Å². The first-order valence-electron chi connectivity index (χ1n) is 15.8. The van der Waals surface area contributed by atoms with Gasteiger partial charge in [0.1, 0.15) is 20.2 Å². The summed E-state index contributed by atoms with van der Waals surface area (Å²) in [6.07, 6.45) is 4.80. The van der Waals surface area contributed by atoms with Crippen molar-refractivity contribution >= 4 is 54.9 Å². The van der Waals surface area contributed by atoms with E-state index in [0.29, 0.717) is 11.1 Å². The van der Waals surface area contributed by atoms with Crippen LogP contribution in [0.25, 0.3) is 0 Å². The minimum Gasteiger partial charge on any atom is -0.744 e. The van der Waals surface area contributed by atoms with Crippen LogP contribution < -0.4 is 51.2 Å². The van der Waals surface area contributed by atoms with Gasteiger partial charge in [0, 0.05) is 23.2 Å². The molecular weight excluding hydrogens is 967 g/mol. The molecule has 0 radical (unpaired) electrons. The third-order valence-corrected chi connectivity index (χ3v) is 9.47. The predicted molar refractivity (Wildman–Crippen MR) is 189 cm³/mol. The van der Waals surface area contributed by atoms with Crippen molar-refractivity contribution in [3.05, 3.63) is 95.1 Å². The number of carbonyl (C=O) groups is 2. The average molecular weight is 1000 g/mol. The first kappa shape index (κ1) is 50.1. The number of aromatic carboxylic acids is 2. The zero-order valence-electron chi connectivity index (χ0n) is 30.1. The number of carboxylic acid groups (broad SMARTS) is 2. The molecular formula is C34H36N6NaO12PtS2+3. The minimum atomic E-state index is -4.53. The van der Waals surface area contributed by atoms with Crippen molar-refractivity contribution in [1.29, 1.82) is 0 Å². The summed E-state index contributed by atoms with van der Waals surface area (Å²) in [4.78, 5) is 21.1. The van der Waals surface area contributed by atoms with Gasteiger partial charge in [0.25, 0.3) is 11.5 Å². The molecule has 8 N–H and O–H groups in total. The van der Waals surface area contributed by atoms with Crippen LogP contribution in [-0.4, -0.2) is 60.2 Å². The Morgan fingerprint density at radius 1 is 0.607 bits per heavy atom. The molecule has 5 rings (SSSR count). The molecule has 0 saturated heterocycles. The summed E-state index contributed by atoms with van der Waals surface area (Å²) in [6, 6.07) is 15.4. The van der Waals surface area contributed by atoms with Crippen LogP contribution in [0.5, 0.6) is 11.5 Å². The van der Waals surface area contributed by atoms with Gasteiger partial charge in [-0.2, -0.15) is 20.5 Å². The Morgan fingerprint density at radius 2 is 0.893 bits per heavy atom. The van der Waals surface area contributed by atoms with Crippen LogP contribution in [0.2, 0.25) is 0 Å². The largest absolute Gasteiger partial charge is 4.00 e. The van der Waals surface area contributed by atoms with Gasteiger partial charge in [0.05, 0.1) is 55.6 Å². The summed E-state index contributed by atoms with van der Waals surface area (Å²) >= 11 is 0. The van der Waals surface area contributed by atoms with E-state index in [0.717, 1.165) is 49.2 Å². The summed E-state index contributed by atoms with van der Waals surface area (Å²) in [5, 5.41) is 52.4. The summed E-state index contributed by atoms with van der Waals surface area (Å²) in [6.45, 7) is 3.11. The second-order valence-corrected chi connectivity index (χ2v) is 14.6. The SMILES string of the molecule is Cc1cc(N=Nc2ccc(S(=O)(=O)[O-])cc2)cc(C(=O)[O-])c1[OH2+].Cc1cc(N=Nc2ccc(S(=O)(=O)[O-])cc2)cc(C(=O)[O-])c1[OH2+].NC1CCCCC1N.[Na+].[Pt+4]. The summed E-state index contributed by atoms with van der Waals surface area (Å²) in [7, 11) is -9.06. The second kappa shape index (κ2) is 22.1. The monoisotopic (exact) mass is 1000 g/mol. The number of carbonyl (C=O) groups excluding carboxylic acids is 2. The Bertz CT molecular complexity index is 2120. The summed E-state index contributed by atoms with van der Waals surface area (Å²) < 4.78 is 64.8. The van der Waals surface area contributed by atoms with Gasteiger partial charge >= 0.3 is 50.6 Å². The van der Waals surface area contributed by atoms with Gasteiger partial charge in [0.15, 0.2) is 0 Å². The second-order valence-electron chi connectivity index (χ2n) is 11.9. The van der Waals surface area contributed by atoms with Crippen LogP contribution in [-0.2, 0) is 41.3 Å². The molecule has 0 bridgehead atoms. The number of hydrogen-bond acceptors (Lipinski definition) is 16. The molecule has 1 fully saturated rings. The predicted octanol–water partition coefficient (Wildman–Crippen LogP) is -0.552. The Morgan fingerprint density at radius 3 is 1.14 bits per heavy atom. The maximum Gasteiger partial charge on any atom is 4.00 e. The number of nitrogens with two attached hydrogens (primary N) is 2. The minimum absolute atomic E-state index is 0. The number of rotatable bonds is 8. The molecule has 0 spiro atoms. The number of azo groups is 2. The smallest absolute Gasteiger partial charge is 0.744 e. The van der Waals surface area contributed by atoms with Crippen molar-refractivity contribution < 1.29 is 107 Å². The van der Waals surface area contributed by atoms with Crippen molar-refractivity contribution in [2.24, 2.45) is 31.9 Å². The Kier molecular flexibility index (Phi) is 19.8. The average Bonchev–Trinajstić information content (AvgIpc) is 3.10. The van der Waals surface area contributed by atoms with Crippen LogP contribution in [0.3, 0.4) is 0 Å². The fourth-order valence-electron chi connectivity index (χ4n) is 4.75. The van der Waals surface area contributed by atoms with E-state index < -0.39 is 32.2 Å². The molecule has 0 heterocycles. The van der Waals surface area contributed by atoms with E-state index in [1.165, 1.54) is 49.2 Å². The van der Waals surface area contributed by atoms with Crippen molar-refractivity contribution in [2.75, 3.05) is 0 Å². The van der Waals surface area contributed by atoms with E-state index in [1.807, 2.05) is 0 Å². The van der Waals surface area contributed by atoms with E-state index in [-0.39, 0.29) is 118 Å². The van der Waals surface area contributed by atoms with Crippen LogP contribution >= 0.6 is 0 Å². The standard InChI is InChI=1S/2C14H12N2O6S.C6H14N2.Na.Pt/c2*1-8-6-10(7-12(13(8)17)14(18)19)16-15-9-2-4-11(5-3-9)23(20,21)22;7-5-3-1-2-4-6(5)8;;/h2*2-7,17H,1H3,(H,18,19)(H,20,21,22);5-6H,1-4,7-8H2;;/q;;;+1;+4/p-2. The molecule has 4 aromatic carbocycles. The summed E-state index contributed by atoms with van der Waals surface area (Å²) in [5.74, 6) is -3.29. The van der Waals surface area contributed by atoms with Crippen molar-refractivity contribution in [1.82, 2.24) is 0 Å². The van der Waals surface area contributed by atoms with Crippen LogP contribution in [0.4, 0.5) is 22.7 Å². The number of nitrogens with zero attached hydrogens (tertiary/aromatic N) is 4. The van der Waals surface area contributed by atoms with Crippen LogP contribution in [0.15, 0.2) is 103 Å². The molecule has 0 aliphatic heterocycles. The Balaban J connectivity index is 0.000000454. The molecule has 2 atom stereocenters. The first-order chi connectivity index (χ1) is 25.2. The third kappa shape index (κ3) is 15.2. The first-order valence-corrected chi connectivity index (χ1v) is 18.6. The van der Waals surface area contributed by atoms with Gasteiger partial charge in [0.2, 0.25) is 0 Å². The molecule has 294 valence electrons. The maximum atomic E-state index is 10.9. The van der Waals surface area contributed by atoms with Gasteiger partial charge < -0.3 is 50.6 Å². The maximum absolute atomic E-state index is 10.9. The summed E-state index contributed by atoms with van der Waals surface area (Å²) in [5.41, 5.74) is 12.5. The van der Waals surface area contributed by atoms with E-state index in [1.54, 1.807) is 13.8 Å². The molecule has 1 aliphatic rings. The van der Waals surface area contributed by atoms with Gasteiger partial charge in [-0.25, -0.2) is 16.8 Å². The fourth-order valence-corrected chi connectivity index (χ4v) is 5.69. The number of carboxylic acids is 2. The van der Waals surface area contributed by atoms with E-state index in [4.69, 9.17) is 21.7 Å². The molecule has 18 nitrogen and oxygen atoms in total. The van der Waals surface area contributed by atoms with Crippen molar-refractivity contribution in [3.63, 3.8) is 0 Å². The molecule has 22 heteroatoms. The van der Waals surface area contributed by atoms with Crippen LogP contribution in [0, 0.1) is 13.8 Å². The van der Waals surface area contributed by atoms with Gasteiger partial charge in [-0.05, 0) is 99.5 Å². The molecule has 2 unspecified atom stereocenters. The quantitative estimate of drug-likeness (QED) is 0.0972. The normalized spacial score (nSPS) is 15.3. The number of aryl methyl sites for hydroxylation is 2. The van der Waals surface area contributed by atoms with Gasteiger partial charge in [-0.3, -0.25) is 0 Å². The van der Waals surface area contributed by atoms with Gasteiger partial charge in [-0.1, -0.05) is 12.8 Å².